The van der Waals surface area contributed by atoms with E-state index < -0.39 is 40.6 Å². The molecule has 0 saturated heterocycles. The minimum Gasteiger partial charge on any atom is -0.493 e. The van der Waals surface area contributed by atoms with Crippen molar-refractivity contribution in [1.82, 2.24) is 4.98 Å². The lowest BCUT2D eigenvalue weighted by atomic mass is 9.69. The van der Waals surface area contributed by atoms with Crippen LogP contribution in [0.1, 0.15) is 56.7 Å². The van der Waals surface area contributed by atoms with Crippen LogP contribution in [0.2, 0.25) is 0 Å². The van der Waals surface area contributed by atoms with Gasteiger partial charge in [0.25, 0.3) is 0 Å². The van der Waals surface area contributed by atoms with E-state index in [1.54, 1.807) is 0 Å². The highest BCUT2D eigenvalue weighted by atomic mass is 19.2. The van der Waals surface area contributed by atoms with E-state index in [0.717, 1.165) is 31.0 Å². The summed E-state index contributed by atoms with van der Waals surface area (Å²) in [6.07, 6.45) is 4.21. The molecule has 2 aliphatic carbocycles. The predicted molar refractivity (Wildman–Crippen MR) is 144 cm³/mol. The number of carbonyl (C=O) groups excluding carboxylic acids is 1. The number of hydrogen-bond acceptors (Lipinski definition) is 7. The molecule has 210 valence electrons. The molecule has 1 aromatic carbocycles. The Morgan fingerprint density at radius 2 is 1.90 bits per heavy atom. The van der Waals surface area contributed by atoms with Gasteiger partial charge in [0.05, 0.1) is 30.1 Å². The smallest absolute Gasteiger partial charge is 0.234 e. The van der Waals surface area contributed by atoms with E-state index in [1.165, 1.54) is 20.0 Å². The van der Waals surface area contributed by atoms with E-state index in [9.17, 15) is 18.8 Å². The molecule has 2 fully saturated rings. The Labute approximate surface area is 229 Å². The first-order chi connectivity index (χ1) is 19.0. The maximum absolute atomic E-state index is 15.1. The van der Waals surface area contributed by atoms with Crippen molar-refractivity contribution in [2.75, 3.05) is 11.9 Å². The van der Waals surface area contributed by atoms with Crippen LogP contribution >= 0.6 is 0 Å². The van der Waals surface area contributed by atoms with E-state index >= 15 is 4.39 Å². The molecule has 2 saturated carbocycles. The van der Waals surface area contributed by atoms with Crippen LogP contribution in [0.25, 0.3) is 5.57 Å². The fourth-order valence-electron chi connectivity index (χ4n) is 5.67. The highest BCUT2D eigenvalue weighted by molar-refractivity contribution is 6.21. The quantitative estimate of drug-likeness (QED) is 0.194. The third-order valence-corrected chi connectivity index (χ3v) is 7.99. The average Bonchev–Trinajstić information content (AvgIpc) is 3.81. The zero-order chi connectivity index (χ0) is 28.9. The van der Waals surface area contributed by atoms with Gasteiger partial charge in [-0.15, -0.1) is 0 Å². The first kappa shape index (κ1) is 27.4. The molecule has 0 bridgehead atoms. The number of anilines is 1. The van der Waals surface area contributed by atoms with Crippen molar-refractivity contribution in [3.05, 3.63) is 71.0 Å². The van der Waals surface area contributed by atoms with Gasteiger partial charge in [-0.3, -0.25) is 9.78 Å². The van der Waals surface area contributed by atoms with E-state index in [-0.39, 0.29) is 52.3 Å². The van der Waals surface area contributed by atoms with Crippen molar-refractivity contribution >= 4 is 28.6 Å². The highest BCUT2D eigenvalue weighted by Gasteiger charge is 2.59. The average molecular weight is 554 g/mol. The van der Waals surface area contributed by atoms with Crippen LogP contribution in [-0.4, -0.2) is 34.1 Å². The Bertz CT molecular complexity index is 1490. The second-order valence-corrected chi connectivity index (χ2v) is 10.9. The SMILES string of the molecule is C=C(/C(=N\O)C(C(=O)Nc1cnc(/C(C(C)=N)=C(\C)N)c(F)c1)C1c2cc(F)c(F)cc2OCC12CC2)C1CC1. The van der Waals surface area contributed by atoms with E-state index in [0.29, 0.717) is 24.0 Å². The topological polar surface area (TPSA) is 134 Å². The van der Waals surface area contributed by atoms with Crippen LogP contribution in [0, 0.1) is 40.1 Å². The van der Waals surface area contributed by atoms with E-state index in [4.69, 9.17) is 15.9 Å². The van der Waals surface area contributed by atoms with Gasteiger partial charge in [-0.2, -0.15) is 0 Å². The van der Waals surface area contributed by atoms with Crippen molar-refractivity contribution < 1.29 is 27.9 Å². The number of rotatable bonds is 8. The standard InChI is InChI=1S/C29H30F3N5O3/c1-13(16-4-5-16)26(37-39)24(25-18-9-19(30)20(31)10-22(18)40-12-29(25)6-7-29)28(38)36-17-8-21(32)27(35-11-17)23(14(2)33)15(3)34/h8-11,16,24-25,33,39H,1,4-7,12,34H2,2-3H3,(H,36,38)/b23-15+,33-14?,37-26+. The van der Waals surface area contributed by atoms with Crippen molar-refractivity contribution in [3.63, 3.8) is 0 Å². The van der Waals surface area contributed by atoms with Crippen LogP contribution in [0.4, 0.5) is 18.9 Å². The summed E-state index contributed by atoms with van der Waals surface area (Å²) in [4.78, 5) is 18.1. The number of allylic oxidation sites excluding steroid dienone is 3. The Morgan fingerprint density at radius 1 is 1.23 bits per heavy atom. The molecule has 1 aromatic heterocycles. The lowest BCUT2D eigenvalue weighted by molar-refractivity contribution is -0.119. The van der Waals surface area contributed by atoms with Crippen molar-refractivity contribution in [1.29, 1.82) is 5.41 Å². The Balaban J connectivity index is 1.56. The molecule has 2 atom stereocenters. The number of nitrogens with one attached hydrogen (secondary N) is 2. The molecular weight excluding hydrogens is 523 g/mol. The largest absolute Gasteiger partial charge is 0.493 e. The Hall–Kier alpha value is -4.15. The van der Waals surface area contributed by atoms with Gasteiger partial charge in [-0.05, 0) is 57.1 Å². The summed E-state index contributed by atoms with van der Waals surface area (Å²) in [5.74, 6) is -5.35. The molecule has 40 heavy (non-hydrogen) atoms. The number of benzene rings is 1. The first-order valence-corrected chi connectivity index (χ1v) is 13.0. The van der Waals surface area contributed by atoms with Gasteiger partial charge in [0.15, 0.2) is 17.5 Å². The summed E-state index contributed by atoms with van der Waals surface area (Å²) in [7, 11) is 0. The summed E-state index contributed by atoms with van der Waals surface area (Å²) >= 11 is 0. The van der Waals surface area contributed by atoms with Gasteiger partial charge in [-0.25, -0.2) is 13.2 Å². The summed E-state index contributed by atoms with van der Waals surface area (Å²) in [5.41, 5.74) is 6.38. The monoisotopic (exact) mass is 553 g/mol. The minimum absolute atomic E-state index is 0.0182. The molecular formula is C29H30F3N5O3. The molecule has 2 unspecified atom stereocenters. The zero-order valence-electron chi connectivity index (χ0n) is 22.2. The third-order valence-electron chi connectivity index (χ3n) is 7.99. The maximum atomic E-state index is 15.1. The molecule has 8 nitrogen and oxygen atoms in total. The van der Waals surface area contributed by atoms with Crippen LogP contribution in [-0.2, 0) is 4.79 Å². The summed E-state index contributed by atoms with van der Waals surface area (Å²) in [6.45, 7) is 7.25. The van der Waals surface area contributed by atoms with Crippen LogP contribution in [0.3, 0.4) is 0 Å². The lowest BCUT2D eigenvalue weighted by Crippen LogP contribution is -2.43. The fourth-order valence-corrected chi connectivity index (χ4v) is 5.67. The highest BCUT2D eigenvalue weighted by Crippen LogP contribution is 2.63. The molecule has 5 N–H and O–H groups in total. The molecule has 2 aromatic rings. The second kappa shape index (κ2) is 10.1. The number of halogens is 3. The fraction of sp³-hybridized carbons (Fsp3) is 0.379. The van der Waals surface area contributed by atoms with Crippen molar-refractivity contribution in [3.8, 4) is 5.75 Å². The van der Waals surface area contributed by atoms with E-state index in [1.807, 2.05) is 0 Å². The number of ether oxygens (including phenoxy) is 1. The number of pyridine rings is 1. The third kappa shape index (κ3) is 4.84. The molecule has 5 rings (SSSR count). The number of oxime groups is 1. The summed E-state index contributed by atoms with van der Waals surface area (Å²) < 4.78 is 49.5. The number of aromatic nitrogens is 1. The van der Waals surface area contributed by atoms with Gasteiger partial charge >= 0.3 is 0 Å². The number of nitrogens with two attached hydrogens (primary N) is 1. The summed E-state index contributed by atoms with van der Waals surface area (Å²) in [6, 6.07) is 3.05. The van der Waals surface area contributed by atoms with Gasteiger partial charge in [0.2, 0.25) is 5.91 Å². The van der Waals surface area contributed by atoms with Gasteiger partial charge in [0, 0.05) is 46.0 Å². The van der Waals surface area contributed by atoms with Crippen molar-refractivity contribution in [2.45, 2.75) is 45.4 Å². The molecule has 1 aliphatic heterocycles. The molecule has 3 aliphatic rings. The first-order valence-electron chi connectivity index (χ1n) is 13.0. The number of carbonyl (C=O) groups is 1. The molecule has 0 radical (unpaired) electrons. The van der Waals surface area contributed by atoms with Crippen LogP contribution < -0.4 is 15.8 Å². The Kier molecular flexibility index (Phi) is 6.93. The summed E-state index contributed by atoms with van der Waals surface area (Å²) in [5, 5.41) is 24.2. The predicted octanol–water partition coefficient (Wildman–Crippen LogP) is 5.54. The van der Waals surface area contributed by atoms with Gasteiger partial charge < -0.3 is 26.4 Å². The van der Waals surface area contributed by atoms with Crippen LogP contribution in [0.15, 0.2) is 47.4 Å². The lowest BCUT2D eigenvalue weighted by Gasteiger charge is -2.39. The zero-order valence-corrected chi connectivity index (χ0v) is 22.2. The Morgan fingerprint density at radius 3 is 2.45 bits per heavy atom. The molecule has 2 heterocycles. The normalized spacial score (nSPS) is 20.6. The van der Waals surface area contributed by atoms with Gasteiger partial charge in [-0.1, -0.05) is 11.7 Å². The molecule has 11 heteroatoms. The van der Waals surface area contributed by atoms with E-state index in [2.05, 4.69) is 22.0 Å². The van der Waals surface area contributed by atoms with Gasteiger partial charge in [0.1, 0.15) is 11.4 Å². The number of fused-ring (bicyclic) bond motifs is 1. The molecule has 1 spiro atoms. The number of amides is 1. The minimum atomic E-state index is -1.17. The number of hydrogen-bond donors (Lipinski definition) is 4. The molecule has 1 amide bonds. The van der Waals surface area contributed by atoms with Crippen molar-refractivity contribution in [2.24, 2.45) is 28.1 Å². The maximum Gasteiger partial charge on any atom is 0.234 e. The number of nitrogens with zero attached hydrogens (tertiary/aromatic N) is 2. The van der Waals surface area contributed by atoms with Crippen LogP contribution in [0.5, 0.6) is 5.75 Å². The second-order valence-electron chi connectivity index (χ2n) is 10.9.